The molecule has 1 heterocycles. The molecule has 0 saturated carbocycles. The van der Waals surface area contributed by atoms with Gasteiger partial charge < -0.3 is 10.6 Å². The van der Waals surface area contributed by atoms with Crippen LogP contribution in [0.2, 0.25) is 4.34 Å². The third-order valence-electron chi connectivity index (χ3n) is 2.45. The summed E-state index contributed by atoms with van der Waals surface area (Å²) in [5.74, 6) is 0.0639. The van der Waals surface area contributed by atoms with Gasteiger partial charge in [-0.05, 0) is 24.1 Å². The summed E-state index contributed by atoms with van der Waals surface area (Å²) in [6.07, 6.45) is 0.440. The molecule has 90 valence electrons. The summed E-state index contributed by atoms with van der Waals surface area (Å²) in [5.41, 5.74) is 5.45. The lowest BCUT2D eigenvalue weighted by atomic mass is 9.89. The van der Waals surface area contributed by atoms with Crippen LogP contribution in [0.25, 0.3) is 0 Å². The van der Waals surface area contributed by atoms with Crippen molar-refractivity contribution in [1.82, 2.24) is 0 Å². The molecule has 5 heteroatoms. The quantitative estimate of drug-likeness (QED) is 0.905. The van der Waals surface area contributed by atoms with Gasteiger partial charge in [0.05, 0.1) is 9.34 Å². The fraction of sp³-hybridized carbons (Fsp3) is 0.545. The number of nitrogens with two attached hydrogens (primary N) is 1. The molecule has 0 fully saturated rings. The number of amides is 1. The molecule has 1 aromatic heterocycles. The average molecular weight is 261 g/mol. The maximum absolute atomic E-state index is 12.0. The number of rotatable bonds is 4. The van der Waals surface area contributed by atoms with E-state index in [1.54, 1.807) is 18.0 Å². The summed E-state index contributed by atoms with van der Waals surface area (Å²) in [6, 6.07) is 3.64. The van der Waals surface area contributed by atoms with Gasteiger partial charge in [0, 0.05) is 13.5 Å². The van der Waals surface area contributed by atoms with Gasteiger partial charge in [0.25, 0.3) is 0 Å². The fourth-order valence-corrected chi connectivity index (χ4v) is 2.22. The van der Waals surface area contributed by atoms with Crippen LogP contribution < -0.4 is 10.6 Å². The van der Waals surface area contributed by atoms with Crippen molar-refractivity contribution in [3.63, 3.8) is 0 Å². The van der Waals surface area contributed by atoms with Crippen LogP contribution >= 0.6 is 22.9 Å². The molecule has 2 N–H and O–H groups in total. The van der Waals surface area contributed by atoms with Crippen LogP contribution in [0.15, 0.2) is 12.1 Å². The first-order valence-corrected chi connectivity index (χ1v) is 6.27. The van der Waals surface area contributed by atoms with E-state index in [1.807, 2.05) is 19.9 Å². The van der Waals surface area contributed by atoms with E-state index in [2.05, 4.69) is 0 Å². The van der Waals surface area contributed by atoms with E-state index in [4.69, 9.17) is 17.3 Å². The Hall–Kier alpha value is -0.580. The van der Waals surface area contributed by atoms with Gasteiger partial charge in [-0.1, -0.05) is 25.4 Å². The van der Waals surface area contributed by atoms with Crippen LogP contribution in [-0.2, 0) is 4.79 Å². The van der Waals surface area contributed by atoms with E-state index in [0.29, 0.717) is 17.3 Å². The molecule has 0 aliphatic rings. The van der Waals surface area contributed by atoms with Crippen molar-refractivity contribution < 1.29 is 4.79 Å². The Morgan fingerprint density at radius 2 is 2.19 bits per heavy atom. The Labute approximate surface area is 105 Å². The van der Waals surface area contributed by atoms with Crippen molar-refractivity contribution in [3.05, 3.63) is 16.5 Å². The Morgan fingerprint density at radius 1 is 1.56 bits per heavy atom. The van der Waals surface area contributed by atoms with Gasteiger partial charge in [-0.15, -0.1) is 11.3 Å². The molecule has 1 aromatic rings. The summed E-state index contributed by atoms with van der Waals surface area (Å²) in [5, 5.41) is 0.864. The van der Waals surface area contributed by atoms with Gasteiger partial charge >= 0.3 is 0 Å². The standard InChI is InChI=1S/C11H17ClN2OS/c1-11(2,7-13)6-9(15)14(3)10-5-4-8(12)16-10/h4-5H,6-7,13H2,1-3H3. The lowest BCUT2D eigenvalue weighted by molar-refractivity contribution is -0.120. The van der Waals surface area contributed by atoms with Crippen molar-refractivity contribution in [2.75, 3.05) is 18.5 Å². The predicted molar refractivity (Wildman–Crippen MR) is 70.2 cm³/mol. The van der Waals surface area contributed by atoms with E-state index in [9.17, 15) is 4.79 Å². The molecule has 1 rings (SSSR count). The van der Waals surface area contributed by atoms with E-state index in [-0.39, 0.29) is 11.3 Å². The second kappa shape index (κ2) is 5.17. The first-order valence-electron chi connectivity index (χ1n) is 5.08. The highest BCUT2D eigenvalue weighted by atomic mass is 35.5. The number of anilines is 1. The molecule has 0 atom stereocenters. The van der Waals surface area contributed by atoms with Crippen molar-refractivity contribution in [1.29, 1.82) is 0 Å². The molecule has 3 nitrogen and oxygen atoms in total. The minimum Gasteiger partial charge on any atom is -0.330 e. The molecule has 0 aliphatic heterocycles. The van der Waals surface area contributed by atoms with Crippen molar-refractivity contribution in [2.45, 2.75) is 20.3 Å². The summed E-state index contributed by atoms with van der Waals surface area (Å²) >= 11 is 7.23. The van der Waals surface area contributed by atoms with Gasteiger partial charge in [0.15, 0.2) is 0 Å². The second-order valence-corrected chi connectivity index (χ2v) is 6.27. The number of halogens is 1. The summed E-state index contributed by atoms with van der Waals surface area (Å²) in [4.78, 5) is 13.6. The Balaban J connectivity index is 2.68. The highest BCUT2D eigenvalue weighted by molar-refractivity contribution is 7.20. The summed E-state index contributed by atoms with van der Waals surface area (Å²) in [7, 11) is 1.76. The number of hydrogen-bond acceptors (Lipinski definition) is 3. The van der Waals surface area contributed by atoms with E-state index >= 15 is 0 Å². The molecule has 0 unspecified atom stereocenters. The highest BCUT2D eigenvalue weighted by Gasteiger charge is 2.23. The Morgan fingerprint density at radius 3 is 2.62 bits per heavy atom. The Bertz CT molecular complexity index is 376. The average Bonchev–Trinajstić information content (AvgIpc) is 2.63. The zero-order valence-electron chi connectivity index (χ0n) is 9.79. The largest absolute Gasteiger partial charge is 0.330 e. The smallest absolute Gasteiger partial charge is 0.227 e. The van der Waals surface area contributed by atoms with Gasteiger partial charge in [-0.3, -0.25) is 4.79 Å². The molecule has 1 amide bonds. The second-order valence-electron chi connectivity index (χ2n) is 4.58. The summed E-state index contributed by atoms with van der Waals surface area (Å²) < 4.78 is 0.688. The molecule has 0 spiro atoms. The molecular formula is C11H17ClN2OS. The van der Waals surface area contributed by atoms with Crippen LogP contribution in [0.1, 0.15) is 20.3 Å². The normalized spacial score (nSPS) is 11.6. The maximum Gasteiger partial charge on any atom is 0.227 e. The number of hydrogen-bond donors (Lipinski definition) is 1. The minimum absolute atomic E-state index is 0.0639. The van der Waals surface area contributed by atoms with E-state index in [1.165, 1.54) is 11.3 Å². The van der Waals surface area contributed by atoms with Crippen LogP contribution in [-0.4, -0.2) is 19.5 Å². The fourth-order valence-electron chi connectivity index (χ4n) is 1.21. The summed E-state index contributed by atoms with van der Waals surface area (Å²) in [6.45, 7) is 4.47. The molecule has 0 aliphatic carbocycles. The molecular weight excluding hydrogens is 244 g/mol. The first kappa shape index (κ1) is 13.5. The zero-order valence-corrected chi connectivity index (χ0v) is 11.4. The highest BCUT2D eigenvalue weighted by Crippen LogP contribution is 2.30. The number of nitrogens with zero attached hydrogens (tertiary/aromatic N) is 1. The van der Waals surface area contributed by atoms with Gasteiger partial charge in [-0.25, -0.2) is 0 Å². The van der Waals surface area contributed by atoms with Crippen molar-refractivity contribution >= 4 is 33.8 Å². The van der Waals surface area contributed by atoms with Gasteiger partial charge in [-0.2, -0.15) is 0 Å². The number of thiophene rings is 1. The predicted octanol–water partition coefficient (Wildman–Crippen LogP) is 2.74. The molecule has 16 heavy (non-hydrogen) atoms. The van der Waals surface area contributed by atoms with Crippen molar-refractivity contribution in [3.8, 4) is 0 Å². The minimum atomic E-state index is -0.160. The van der Waals surface area contributed by atoms with Crippen LogP contribution in [0, 0.1) is 5.41 Å². The third-order valence-corrected chi connectivity index (χ3v) is 3.75. The van der Waals surface area contributed by atoms with Crippen molar-refractivity contribution in [2.24, 2.45) is 11.1 Å². The maximum atomic E-state index is 12.0. The van der Waals surface area contributed by atoms with Crippen LogP contribution in [0.3, 0.4) is 0 Å². The lowest BCUT2D eigenvalue weighted by Crippen LogP contribution is -2.34. The van der Waals surface area contributed by atoms with E-state index < -0.39 is 0 Å². The topological polar surface area (TPSA) is 46.3 Å². The van der Waals surface area contributed by atoms with E-state index in [0.717, 1.165) is 5.00 Å². The van der Waals surface area contributed by atoms with Gasteiger partial charge in [0.2, 0.25) is 5.91 Å². The number of carbonyl (C=O) groups is 1. The first-order chi connectivity index (χ1) is 7.35. The SMILES string of the molecule is CN(C(=O)CC(C)(C)CN)c1ccc(Cl)s1. The monoisotopic (exact) mass is 260 g/mol. The lowest BCUT2D eigenvalue weighted by Gasteiger charge is -2.24. The molecule has 0 bridgehead atoms. The number of carbonyl (C=O) groups excluding carboxylic acids is 1. The van der Waals surface area contributed by atoms with Gasteiger partial charge in [0.1, 0.15) is 0 Å². The molecule has 0 aromatic carbocycles. The third kappa shape index (κ3) is 3.47. The van der Waals surface area contributed by atoms with Crippen LogP contribution in [0.5, 0.6) is 0 Å². The molecule has 0 radical (unpaired) electrons. The van der Waals surface area contributed by atoms with Crippen LogP contribution in [0.4, 0.5) is 5.00 Å². The Kier molecular flexibility index (Phi) is 4.35. The zero-order chi connectivity index (χ0) is 12.3. The molecule has 0 saturated heterocycles.